The number of carbonyl (C=O) groups excluding carboxylic acids is 2. The van der Waals surface area contributed by atoms with Crippen molar-refractivity contribution < 1.29 is 14.3 Å². The van der Waals surface area contributed by atoms with Gasteiger partial charge in [-0.3, -0.25) is 9.59 Å². The van der Waals surface area contributed by atoms with Crippen molar-refractivity contribution in [3.05, 3.63) is 47.6 Å². The highest BCUT2D eigenvalue weighted by Crippen LogP contribution is 2.34. The van der Waals surface area contributed by atoms with Gasteiger partial charge in [0, 0.05) is 18.1 Å². The van der Waals surface area contributed by atoms with Crippen molar-refractivity contribution >= 4 is 23.1 Å². The van der Waals surface area contributed by atoms with Crippen molar-refractivity contribution in [2.75, 3.05) is 5.32 Å². The van der Waals surface area contributed by atoms with Gasteiger partial charge in [-0.25, -0.2) is 0 Å². The number of benzene rings is 1. The molecule has 1 aromatic carbocycles. The van der Waals surface area contributed by atoms with Gasteiger partial charge in [0.15, 0.2) is 5.78 Å². The normalized spacial score (nSPS) is 13.9. The molecule has 1 aromatic rings. The number of hydrogen-bond acceptors (Lipinski definition) is 3. The molecule has 4 nitrogen and oxygen atoms in total. The Morgan fingerprint density at radius 2 is 2.05 bits per heavy atom. The maximum Gasteiger partial charge on any atom is 0.221 e. The molecular formula is C16H17NO3. The Kier molecular flexibility index (Phi) is 3.74. The van der Waals surface area contributed by atoms with E-state index in [0.29, 0.717) is 28.1 Å². The van der Waals surface area contributed by atoms with Crippen LogP contribution in [0.1, 0.15) is 36.7 Å². The zero-order valence-corrected chi connectivity index (χ0v) is 11.8. The summed E-state index contributed by atoms with van der Waals surface area (Å²) in [6, 6.07) is 5.28. The van der Waals surface area contributed by atoms with Gasteiger partial charge in [0.1, 0.15) is 5.76 Å². The lowest BCUT2D eigenvalue weighted by Crippen LogP contribution is -2.18. The quantitative estimate of drug-likeness (QED) is 0.859. The number of amides is 1. The van der Waals surface area contributed by atoms with Crippen LogP contribution in [0.2, 0.25) is 0 Å². The van der Waals surface area contributed by atoms with Gasteiger partial charge in [-0.1, -0.05) is 18.7 Å². The molecule has 104 valence electrons. The Balaban J connectivity index is 2.57. The third kappa shape index (κ3) is 2.64. The molecule has 0 atom stereocenters. The first-order valence-corrected chi connectivity index (χ1v) is 6.43. The highest BCUT2D eigenvalue weighted by Gasteiger charge is 2.26. The average Bonchev–Trinajstić information content (AvgIpc) is 2.34. The first-order valence-electron chi connectivity index (χ1n) is 6.43. The van der Waals surface area contributed by atoms with Gasteiger partial charge in [0.2, 0.25) is 5.91 Å². The molecule has 0 bridgehead atoms. The number of fused-ring (bicyclic) bond motifs is 1. The van der Waals surface area contributed by atoms with Crippen LogP contribution < -0.4 is 5.32 Å². The van der Waals surface area contributed by atoms with Gasteiger partial charge < -0.3 is 10.1 Å². The lowest BCUT2D eigenvalue weighted by Gasteiger charge is -2.22. The second-order valence-corrected chi connectivity index (χ2v) is 4.94. The summed E-state index contributed by atoms with van der Waals surface area (Å²) in [5.41, 5.74) is 1.96. The molecule has 0 aliphatic heterocycles. The number of ketones is 1. The highest BCUT2D eigenvalue weighted by atomic mass is 16.5. The summed E-state index contributed by atoms with van der Waals surface area (Å²) >= 11 is 0. The molecule has 2 rings (SSSR count). The first kappa shape index (κ1) is 14.1. The largest absolute Gasteiger partial charge is 0.490 e. The SMILES string of the molecule is C=C1C=C(OC(C)C)c2cccc(NC(C)=O)c2C1=O. The van der Waals surface area contributed by atoms with Gasteiger partial charge in [-0.2, -0.15) is 0 Å². The van der Waals surface area contributed by atoms with E-state index < -0.39 is 0 Å². The van der Waals surface area contributed by atoms with Crippen molar-refractivity contribution in [3.63, 3.8) is 0 Å². The van der Waals surface area contributed by atoms with Gasteiger partial charge in [-0.15, -0.1) is 0 Å². The summed E-state index contributed by atoms with van der Waals surface area (Å²) in [5, 5.41) is 2.67. The summed E-state index contributed by atoms with van der Waals surface area (Å²) in [4.78, 5) is 23.6. The second kappa shape index (κ2) is 5.33. The summed E-state index contributed by atoms with van der Waals surface area (Å²) in [6.45, 7) is 8.99. The lowest BCUT2D eigenvalue weighted by atomic mass is 9.90. The minimum absolute atomic E-state index is 0.0143. The third-order valence-corrected chi connectivity index (χ3v) is 2.83. The van der Waals surface area contributed by atoms with Crippen LogP contribution in [0.5, 0.6) is 0 Å². The molecule has 0 heterocycles. The molecule has 0 radical (unpaired) electrons. The standard InChI is InChI=1S/C16H17NO3/c1-9(2)20-14-8-10(3)16(19)15-12(14)6-5-7-13(15)17-11(4)18/h5-9H,3H2,1-2,4H3,(H,17,18). The summed E-state index contributed by atoms with van der Waals surface area (Å²) in [6.07, 6.45) is 1.63. The van der Waals surface area contributed by atoms with Gasteiger partial charge in [0.05, 0.1) is 17.4 Å². The maximum absolute atomic E-state index is 12.3. The smallest absolute Gasteiger partial charge is 0.221 e. The van der Waals surface area contributed by atoms with E-state index in [9.17, 15) is 9.59 Å². The Labute approximate surface area is 118 Å². The van der Waals surface area contributed by atoms with Crippen LogP contribution in [-0.2, 0) is 9.53 Å². The molecular weight excluding hydrogens is 254 g/mol. The number of ether oxygens (including phenoxy) is 1. The Bertz CT molecular complexity index is 627. The first-order chi connectivity index (χ1) is 9.40. The number of allylic oxidation sites excluding steroid dienone is 2. The van der Waals surface area contributed by atoms with E-state index in [0.717, 1.165) is 0 Å². The fourth-order valence-corrected chi connectivity index (χ4v) is 2.11. The Hall–Kier alpha value is -2.36. The predicted octanol–water partition coefficient (Wildman–Crippen LogP) is 3.16. The summed E-state index contributed by atoms with van der Waals surface area (Å²) in [7, 11) is 0. The maximum atomic E-state index is 12.3. The Morgan fingerprint density at radius 3 is 2.65 bits per heavy atom. The van der Waals surface area contributed by atoms with Crippen LogP contribution in [0.25, 0.3) is 5.76 Å². The van der Waals surface area contributed by atoms with E-state index >= 15 is 0 Å². The highest BCUT2D eigenvalue weighted by molar-refractivity contribution is 6.19. The number of nitrogens with one attached hydrogen (secondary N) is 1. The molecule has 0 aromatic heterocycles. The van der Waals surface area contributed by atoms with Crippen molar-refractivity contribution in [2.24, 2.45) is 0 Å². The zero-order chi connectivity index (χ0) is 14.9. The molecule has 4 heteroatoms. The van der Waals surface area contributed by atoms with Crippen LogP contribution in [0.3, 0.4) is 0 Å². The molecule has 0 spiro atoms. The van der Waals surface area contributed by atoms with Gasteiger partial charge in [0.25, 0.3) is 0 Å². The molecule has 0 fully saturated rings. The zero-order valence-electron chi connectivity index (χ0n) is 11.8. The lowest BCUT2D eigenvalue weighted by molar-refractivity contribution is -0.114. The predicted molar refractivity (Wildman–Crippen MR) is 78.4 cm³/mol. The van der Waals surface area contributed by atoms with Crippen molar-refractivity contribution in [1.29, 1.82) is 0 Å². The number of Topliss-reactive ketones (excluding diaryl/α,β-unsaturated/α-hetero) is 1. The van der Waals surface area contributed by atoms with Crippen LogP contribution in [0.15, 0.2) is 36.4 Å². The minimum atomic E-state index is -0.224. The molecule has 0 unspecified atom stereocenters. The number of hydrogen-bond donors (Lipinski definition) is 1. The van der Waals surface area contributed by atoms with Crippen molar-refractivity contribution in [2.45, 2.75) is 26.9 Å². The van der Waals surface area contributed by atoms with Gasteiger partial charge >= 0.3 is 0 Å². The van der Waals surface area contributed by atoms with Gasteiger partial charge in [-0.05, 0) is 26.0 Å². The number of carbonyl (C=O) groups is 2. The molecule has 1 N–H and O–H groups in total. The third-order valence-electron chi connectivity index (χ3n) is 2.83. The molecule has 1 aliphatic rings. The minimum Gasteiger partial charge on any atom is -0.490 e. The molecule has 0 saturated carbocycles. The fraction of sp³-hybridized carbons (Fsp3) is 0.250. The topological polar surface area (TPSA) is 55.4 Å². The van der Waals surface area contributed by atoms with E-state index in [1.807, 2.05) is 13.8 Å². The summed E-state index contributed by atoms with van der Waals surface area (Å²) in [5.74, 6) is 0.185. The fourth-order valence-electron chi connectivity index (χ4n) is 2.11. The van der Waals surface area contributed by atoms with E-state index in [-0.39, 0.29) is 17.8 Å². The molecule has 0 saturated heterocycles. The summed E-state index contributed by atoms with van der Waals surface area (Å²) < 4.78 is 5.73. The molecule has 1 aliphatic carbocycles. The number of anilines is 1. The Morgan fingerprint density at radius 1 is 1.35 bits per heavy atom. The van der Waals surface area contributed by atoms with Crippen molar-refractivity contribution in [3.8, 4) is 0 Å². The molecule has 1 amide bonds. The average molecular weight is 271 g/mol. The van der Waals surface area contributed by atoms with E-state index in [4.69, 9.17) is 4.74 Å². The van der Waals surface area contributed by atoms with Crippen LogP contribution in [0.4, 0.5) is 5.69 Å². The van der Waals surface area contributed by atoms with Crippen LogP contribution >= 0.6 is 0 Å². The van der Waals surface area contributed by atoms with E-state index in [1.54, 1.807) is 24.3 Å². The van der Waals surface area contributed by atoms with E-state index in [1.165, 1.54) is 6.92 Å². The van der Waals surface area contributed by atoms with Crippen LogP contribution in [0, 0.1) is 0 Å². The van der Waals surface area contributed by atoms with Crippen molar-refractivity contribution in [1.82, 2.24) is 0 Å². The second-order valence-electron chi connectivity index (χ2n) is 4.94. The number of rotatable bonds is 3. The van der Waals surface area contributed by atoms with E-state index in [2.05, 4.69) is 11.9 Å². The van der Waals surface area contributed by atoms with Crippen LogP contribution in [-0.4, -0.2) is 17.8 Å². The monoisotopic (exact) mass is 271 g/mol. The molecule has 20 heavy (non-hydrogen) atoms.